The van der Waals surface area contributed by atoms with Crippen molar-refractivity contribution in [3.8, 4) is 63.2 Å². The van der Waals surface area contributed by atoms with Crippen molar-refractivity contribution in [2.24, 2.45) is 0 Å². The Morgan fingerprint density at radius 3 is 0.786 bits per heavy atom. The van der Waals surface area contributed by atoms with Crippen LogP contribution in [0, 0.1) is 51.1 Å². The smallest absolute Gasteiger partial charge is 0.424 e. The minimum Gasteiger partial charge on any atom is -0.424 e. The van der Waals surface area contributed by atoms with Gasteiger partial charge in [0.1, 0.15) is 63.2 Å². The maximum absolute atomic E-state index is 13.3. The highest BCUT2D eigenvalue weighted by molar-refractivity contribution is 7.56. The topological polar surface area (TPSA) is 378 Å². The first-order valence-corrected chi connectivity index (χ1v) is 61.5. The number of hydrogen-bond acceptors (Lipinski definition) is 27. The van der Waals surface area contributed by atoms with E-state index in [-0.39, 0.29) is 53.2 Å². The van der Waals surface area contributed by atoms with Gasteiger partial charge in [-0.05, 0) is 191 Å². The van der Waals surface area contributed by atoms with Crippen molar-refractivity contribution in [2.45, 2.75) is 180 Å². The fourth-order valence-electron chi connectivity index (χ4n) is 11.7. The van der Waals surface area contributed by atoms with E-state index in [2.05, 4.69) is 27.7 Å². The molecular formula is C103H131Cl5N3O27P7. The number of nitro groups is 3. The van der Waals surface area contributed by atoms with E-state index in [9.17, 15) is 62.3 Å². The molecule has 0 aromatic heterocycles. The molecule has 0 aliphatic rings. The van der Waals surface area contributed by atoms with Crippen LogP contribution in [0.1, 0.15) is 176 Å². The minimum atomic E-state index is -3.44. The Labute approximate surface area is 877 Å². The predicted molar refractivity (Wildman–Crippen MR) is 584 cm³/mol. The van der Waals surface area contributed by atoms with Crippen molar-refractivity contribution in [2.75, 3.05) is 63.0 Å². The molecule has 145 heavy (non-hydrogen) atoms. The molecule has 0 aliphatic carbocycles. The highest BCUT2D eigenvalue weighted by atomic mass is 35.5. The Kier molecular flexibility index (Phi) is 57.8. The van der Waals surface area contributed by atoms with Crippen molar-refractivity contribution in [3.63, 3.8) is 0 Å². The van der Waals surface area contributed by atoms with E-state index in [1.807, 2.05) is 82.3 Å². The Hall–Kier alpha value is -9.64. The summed E-state index contributed by atoms with van der Waals surface area (Å²) < 4.78 is 166. The Balaban J connectivity index is 0.000000298. The molecule has 0 aliphatic heterocycles. The van der Waals surface area contributed by atoms with Crippen LogP contribution in [0.4, 0.5) is 17.1 Å². The van der Waals surface area contributed by atoms with Crippen molar-refractivity contribution >= 4 is 128 Å². The highest BCUT2D eigenvalue weighted by Crippen LogP contribution is 2.57. The molecule has 0 N–H and O–H groups in total. The standard InChI is InChI=1S/C19H24ClO3P.C16H26ClO3P.2C15H16NO5P.C14H13Cl2O3P.C12H18ClO3P.C12H18NO5P/c1-3-4-5-8-14-24(21,22-17-11-9-10-16(2)15-17)23-19-13-7-6-12-18(19)20;1-3-5-7-10-14-21(18,19-13-6-4-2)20-16-12-9-8-11-15(16)17;1-3-22(19,20-14-8-4-12(2)5-9-14)21-15-10-6-13(7-11-15)16(17)18;1-3-22(19,20-14-8-4-6-12(2)10-14)21-15-9-5-7-13(11-15)16(17)18;1-2-20(17,18-13-9-5-3-7-11(13)15)19-14-10-6-4-8-12(14)16;1-3-5-10-15-17(14,4-2)16-12-9-7-6-8-11(12)13;1-3-5-10-17-19(16,4-2)18-12-8-6-11(7-9-12)13(14)15/h6-7,9-13,15H,3-5,8,14H2,1-2H3;8-9,11-12H,3-7,10,13-14H2,1-2H3;2*4-11H,3H2,1-2H3;3-10H,2H2,1H3;6-9H,3-5,10H2,1-2H3;6-9H,3-5,10H2,1-2H3. The van der Waals surface area contributed by atoms with Gasteiger partial charge >= 0.3 is 53.2 Å². The largest absolute Gasteiger partial charge is 0.430 e. The first-order valence-electron chi connectivity index (χ1n) is 47.5. The van der Waals surface area contributed by atoms with Crippen molar-refractivity contribution < 1.29 is 110 Å². The molecule has 6 unspecified atom stereocenters. The zero-order valence-electron chi connectivity index (χ0n) is 83.8. The first kappa shape index (κ1) is 126. The van der Waals surface area contributed by atoms with E-state index in [4.69, 9.17) is 121 Å². The summed E-state index contributed by atoms with van der Waals surface area (Å²) in [6.45, 7) is 26.1. The second-order valence-corrected chi connectivity index (χ2v) is 49.3. The number of para-hydroxylation sites is 5. The van der Waals surface area contributed by atoms with Gasteiger partial charge in [0.25, 0.3) is 17.1 Å². The lowest BCUT2D eigenvalue weighted by atomic mass is 10.2. The molecule has 0 saturated heterocycles. The summed E-state index contributed by atoms with van der Waals surface area (Å²) in [5.74, 6) is 4.07. The molecule has 6 atom stereocenters. The van der Waals surface area contributed by atoms with Crippen molar-refractivity contribution in [3.05, 3.63) is 339 Å². The van der Waals surface area contributed by atoms with Crippen LogP contribution in [-0.4, -0.2) is 77.7 Å². The van der Waals surface area contributed by atoms with Gasteiger partial charge < -0.3 is 49.8 Å². The molecular weight excluding hydrogens is 2110 g/mol. The van der Waals surface area contributed by atoms with E-state index in [1.54, 1.807) is 174 Å². The van der Waals surface area contributed by atoms with Gasteiger partial charge in [0, 0.05) is 30.3 Å². The molecule has 0 spiro atoms. The van der Waals surface area contributed by atoms with Gasteiger partial charge in [0.15, 0.2) is 0 Å². The number of nitro benzene ring substituents is 3. The fraction of sp³-hybridized carbons (Fsp3) is 0.359. The van der Waals surface area contributed by atoms with Gasteiger partial charge in [-0.3, -0.25) is 43.9 Å². The average Bonchev–Trinajstić information content (AvgIpc) is 0.842. The number of benzene rings is 11. The van der Waals surface area contributed by atoms with Gasteiger partial charge in [0.2, 0.25) is 0 Å². The van der Waals surface area contributed by atoms with Crippen LogP contribution < -0.4 is 49.8 Å². The molecule has 790 valence electrons. The number of rotatable bonds is 52. The van der Waals surface area contributed by atoms with Gasteiger partial charge in [-0.1, -0.05) is 294 Å². The molecule has 11 rings (SSSR count). The Bertz CT molecular complexity index is 6070. The molecule has 0 saturated carbocycles. The van der Waals surface area contributed by atoms with Gasteiger partial charge in [-0.2, -0.15) is 0 Å². The molecule has 30 nitrogen and oxygen atoms in total. The average molecular weight is 2240 g/mol. The van der Waals surface area contributed by atoms with Crippen molar-refractivity contribution in [1.82, 2.24) is 0 Å². The normalized spacial score (nSPS) is 13.2. The molecule has 0 bridgehead atoms. The zero-order chi connectivity index (χ0) is 107. The van der Waals surface area contributed by atoms with Crippen LogP contribution in [0.5, 0.6) is 63.2 Å². The quantitative estimate of drug-likeness (QED) is 0.0148. The van der Waals surface area contributed by atoms with E-state index in [0.717, 1.165) is 107 Å². The zero-order valence-corrected chi connectivity index (χ0v) is 93.8. The maximum Gasteiger partial charge on any atom is 0.430 e. The first-order chi connectivity index (χ1) is 69.1. The van der Waals surface area contributed by atoms with Crippen LogP contribution in [0.3, 0.4) is 0 Å². The second kappa shape index (κ2) is 66.6. The summed E-state index contributed by atoms with van der Waals surface area (Å²) in [7, 11) is -22.9. The lowest BCUT2D eigenvalue weighted by Crippen LogP contribution is -2.06. The van der Waals surface area contributed by atoms with Crippen LogP contribution in [0.15, 0.2) is 267 Å². The van der Waals surface area contributed by atoms with Crippen LogP contribution >= 0.6 is 111 Å². The van der Waals surface area contributed by atoms with Crippen molar-refractivity contribution in [1.29, 1.82) is 0 Å². The summed E-state index contributed by atoms with van der Waals surface area (Å²) in [6.07, 6.45) is 15.6. The van der Waals surface area contributed by atoms with Crippen LogP contribution in [0.2, 0.25) is 25.1 Å². The molecule has 0 heterocycles. The summed E-state index contributed by atoms with van der Waals surface area (Å²) in [6, 6.07) is 72.8. The molecule has 0 fully saturated rings. The monoisotopic (exact) mass is 2230 g/mol. The van der Waals surface area contributed by atoms with Crippen LogP contribution in [-0.2, 0) is 45.5 Å². The lowest BCUT2D eigenvalue weighted by Gasteiger charge is -2.21. The Morgan fingerprint density at radius 1 is 0.228 bits per heavy atom. The number of halogens is 5. The summed E-state index contributed by atoms with van der Waals surface area (Å²) >= 11 is 30.1. The van der Waals surface area contributed by atoms with E-state index >= 15 is 0 Å². The van der Waals surface area contributed by atoms with Gasteiger partial charge in [-0.25, -0.2) is 32.0 Å². The maximum atomic E-state index is 13.3. The third-order valence-corrected chi connectivity index (χ3v) is 34.0. The molecule has 11 aromatic carbocycles. The molecule has 11 aromatic rings. The third-order valence-electron chi connectivity index (χ3n) is 19.8. The summed E-state index contributed by atoms with van der Waals surface area (Å²) in [5, 5.41) is 34.0. The highest BCUT2D eigenvalue weighted by Gasteiger charge is 2.34. The molecule has 42 heteroatoms. The number of nitrogens with zero attached hydrogens (tertiary/aromatic N) is 3. The van der Waals surface area contributed by atoms with Crippen LogP contribution in [0.25, 0.3) is 0 Å². The second-order valence-electron chi connectivity index (χ2n) is 31.8. The summed E-state index contributed by atoms with van der Waals surface area (Å²) in [5.41, 5.74) is 2.85. The number of hydrogen-bond donors (Lipinski definition) is 0. The van der Waals surface area contributed by atoms with E-state index < -0.39 is 67.9 Å². The summed E-state index contributed by atoms with van der Waals surface area (Å²) in [4.78, 5) is 30.3. The number of aryl methyl sites for hydroxylation is 3. The van der Waals surface area contributed by atoms with Gasteiger partial charge in [0.05, 0.1) is 109 Å². The molecule has 0 radical (unpaired) electrons. The van der Waals surface area contributed by atoms with Gasteiger partial charge in [-0.15, -0.1) is 0 Å². The van der Waals surface area contributed by atoms with E-state index in [0.29, 0.717) is 115 Å². The predicted octanol–water partition coefficient (Wildman–Crippen LogP) is 36.8. The fourth-order valence-corrected chi connectivity index (χ4v) is 22.3. The Morgan fingerprint density at radius 2 is 0.476 bits per heavy atom. The minimum absolute atomic E-state index is 0.0365. The number of unbranched alkanes of at least 4 members (excludes halogenated alkanes) is 9. The molecule has 0 amide bonds. The SMILES string of the molecule is CCCCCCP(=O)(OCCCC)Oc1ccccc1Cl.CCCCCCP(=O)(Oc1cccc(C)c1)Oc1ccccc1Cl.CCCCOP(=O)(CC)Oc1ccc([N+](=O)[O-])cc1.CCCCOP(=O)(CC)Oc1ccccc1Cl.CCP(=O)(Oc1ccc(C)cc1)Oc1ccc([N+](=O)[O-])cc1.CCP(=O)(Oc1cccc(C)c1)Oc1cccc([N+](=O)[O-])c1.CCP(=O)(Oc1ccccc1Cl)Oc1ccccc1Cl. The number of non-ortho nitro benzene ring substituents is 3. The lowest BCUT2D eigenvalue weighted by molar-refractivity contribution is -0.385. The third kappa shape index (κ3) is 48.9. The van der Waals surface area contributed by atoms with E-state index in [1.165, 1.54) is 72.8 Å².